The first-order valence-corrected chi connectivity index (χ1v) is 10.6. The Morgan fingerprint density at radius 1 is 1.23 bits per heavy atom. The molecule has 1 N–H and O–H groups in total. The van der Waals surface area contributed by atoms with Crippen LogP contribution in [0.15, 0.2) is 48.3 Å². The van der Waals surface area contributed by atoms with Gasteiger partial charge in [0.15, 0.2) is 0 Å². The molecule has 0 aliphatic carbocycles. The first kappa shape index (κ1) is 22.5. The number of aryl methyl sites for hydroxylation is 1. The summed E-state index contributed by atoms with van der Waals surface area (Å²) >= 11 is 0. The number of Topliss-reactive ketones (excluding diaryl/α,β-unsaturated/α-hetero) is 1. The van der Waals surface area contributed by atoms with Gasteiger partial charge < -0.3 is 19.6 Å². The molecule has 31 heavy (non-hydrogen) atoms. The molecule has 0 spiro atoms. The Balaban J connectivity index is 2.10. The molecule has 2 aromatic rings. The second-order valence-corrected chi connectivity index (χ2v) is 7.65. The fourth-order valence-electron chi connectivity index (χ4n) is 4.03. The van der Waals surface area contributed by atoms with Gasteiger partial charge in [-0.25, -0.2) is 0 Å². The standard InChI is InChI=1S/C24H29N3O4/c1-5-26(6-2)12-13-27-21(17-8-7-11-25-15-17)20(23(29)24(27)30)22(28)19-10-9-18(31-4)14-16(19)3/h7-11,14-15,21,28H,5-6,12-13H2,1-4H3. The lowest BCUT2D eigenvalue weighted by atomic mass is 9.94. The number of ketones is 1. The number of quaternary nitrogens is 1. The summed E-state index contributed by atoms with van der Waals surface area (Å²) < 4.78 is 5.22. The van der Waals surface area contributed by atoms with Crippen molar-refractivity contribution in [2.24, 2.45) is 0 Å². The van der Waals surface area contributed by atoms with Crippen LogP contribution in [0.1, 0.15) is 36.6 Å². The van der Waals surface area contributed by atoms with Gasteiger partial charge in [0.25, 0.3) is 5.91 Å². The van der Waals surface area contributed by atoms with Gasteiger partial charge in [0.05, 0.1) is 39.3 Å². The van der Waals surface area contributed by atoms with E-state index in [2.05, 4.69) is 18.8 Å². The molecular weight excluding hydrogens is 394 g/mol. The first-order valence-electron chi connectivity index (χ1n) is 10.6. The number of hydrogen-bond acceptors (Lipinski definition) is 5. The minimum atomic E-state index is -0.738. The van der Waals surface area contributed by atoms with E-state index in [1.165, 1.54) is 9.80 Å². The Labute approximate surface area is 183 Å². The predicted octanol–water partition coefficient (Wildman–Crippen LogP) is 0.547. The number of aromatic nitrogens is 1. The van der Waals surface area contributed by atoms with Crippen LogP contribution in [0.4, 0.5) is 0 Å². The summed E-state index contributed by atoms with van der Waals surface area (Å²) in [5.41, 5.74) is 1.72. The largest absolute Gasteiger partial charge is 0.872 e. The predicted molar refractivity (Wildman–Crippen MR) is 115 cm³/mol. The number of nitrogens with zero attached hydrogens (tertiary/aromatic N) is 2. The molecule has 1 aromatic heterocycles. The van der Waals surface area contributed by atoms with Crippen LogP contribution in [0.3, 0.4) is 0 Å². The van der Waals surface area contributed by atoms with Crippen molar-refractivity contribution in [3.05, 3.63) is 65.0 Å². The molecule has 1 unspecified atom stereocenters. The summed E-state index contributed by atoms with van der Waals surface area (Å²) in [5, 5.41) is 13.5. The normalized spacial score (nSPS) is 18.1. The van der Waals surface area contributed by atoms with Gasteiger partial charge in [0.1, 0.15) is 5.75 Å². The molecule has 7 heteroatoms. The summed E-state index contributed by atoms with van der Waals surface area (Å²) in [4.78, 5) is 33.0. The van der Waals surface area contributed by atoms with Gasteiger partial charge in [-0.3, -0.25) is 14.6 Å². The molecule has 0 radical (unpaired) electrons. The molecule has 1 saturated heterocycles. The van der Waals surface area contributed by atoms with Crippen LogP contribution in [0.2, 0.25) is 0 Å². The van der Waals surface area contributed by atoms with Crippen LogP contribution in [0, 0.1) is 6.92 Å². The molecule has 3 rings (SSSR count). The quantitative estimate of drug-likeness (QED) is 0.381. The van der Waals surface area contributed by atoms with Gasteiger partial charge in [0, 0.05) is 18.0 Å². The number of ether oxygens (including phenoxy) is 1. The number of carbonyl (C=O) groups excluding carboxylic acids is 2. The maximum absolute atomic E-state index is 13.5. The SMILES string of the molecule is CC[NH+](CC)CCN1C(=O)C(=O)C(=C([O-])c2ccc(OC)cc2C)C1c1cccnc1. The molecule has 1 aliphatic heterocycles. The zero-order valence-corrected chi connectivity index (χ0v) is 18.5. The number of likely N-dealkylation sites (N-methyl/N-ethyl adjacent to an activating group) is 1. The number of carbonyl (C=O) groups is 2. The second-order valence-electron chi connectivity index (χ2n) is 7.65. The van der Waals surface area contributed by atoms with E-state index in [1.54, 1.807) is 56.8 Å². The van der Waals surface area contributed by atoms with Crippen LogP contribution in [-0.4, -0.2) is 54.9 Å². The molecule has 7 nitrogen and oxygen atoms in total. The number of likely N-dealkylation sites (tertiary alicyclic amines) is 1. The van der Waals surface area contributed by atoms with Crippen molar-refractivity contribution < 1.29 is 24.3 Å². The lowest BCUT2D eigenvalue weighted by Crippen LogP contribution is -3.12. The van der Waals surface area contributed by atoms with Gasteiger partial charge in [-0.15, -0.1) is 0 Å². The van der Waals surface area contributed by atoms with E-state index in [0.29, 0.717) is 35.5 Å². The highest BCUT2D eigenvalue weighted by atomic mass is 16.5. The molecule has 164 valence electrons. The van der Waals surface area contributed by atoms with Crippen molar-refractivity contribution in [3.63, 3.8) is 0 Å². The fraction of sp³-hybridized carbons (Fsp3) is 0.375. The number of methoxy groups -OCH3 is 1. The van der Waals surface area contributed by atoms with E-state index in [4.69, 9.17) is 4.74 Å². The zero-order chi connectivity index (χ0) is 22.5. The van der Waals surface area contributed by atoms with Crippen molar-refractivity contribution >= 4 is 17.4 Å². The third-order valence-corrected chi connectivity index (χ3v) is 5.91. The number of nitrogens with one attached hydrogen (secondary N) is 1. The molecule has 1 fully saturated rings. The molecule has 1 aromatic carbocycles. The van der Waals surface area contributed by atoms with E-state index >= 15 is 0 Å². The third-order valence-electron chi connectivity index (χ3n) is 5.91. The van der Waals surface area contributed by atoms with Crippen LogP contribution in [0.25, 0.3) is 5.76 Å². The fourth-order valence-corrected chi connectivity index (χ4v) is 4.03. The Morgan fingerprint density at radius 2 is 1.97 bits per heavy atom. The lowest BCUT2D eigenvalue weighted by molar-refractivity contribution is -0.895. The number of hydrogen-bond donors (Lipinski definition) is 1. The van der Waals surface area contributed by atoms with Gasteiger partial charge in [-0.1, -0.05) is 17.9 Å². The summed E-state index contributed by atoms with van der Waals surface area (Å²) in [7, 11) is 1.55. The van der Waals surface area contributed by atoms with Gasteiger partial charge in [-0.2, -0.15) is 0 Å². The van der Waals surface area contributed by atoms with E-state index < -0.39 is 23.5 Å². The summed E-state index contributed by atoms with van der Waals surface area (Å²) in [6.07, 6.45) is 3.24. The summed E-state index contributed by atoms with van der Waals surface area (Å²) in [6.45, 7) is 8.89. The van der Waals surface area contributed by atoms with Crippen LogP contribution >= 0.6 is 0 Å². The van der Waals surface area contributed by atoms with E-state index in [0.717, 1.165) is 13.1 Å². The van der Waals surface area contributed by atoms with Crippen molar-refractivity contribution in [1.82, 2.24) is 9.88 Å². The Bertz CT molecular complexity index is 984. The molecule has 2 heterocycles. The monoisotopic (exact) mass is 423 g/mol. The molecule has 0 saturated carbocycles. The van der Waals surface area contributed by atoms with E-state index in [-0.39, 0.29) is 5.57 Å². The molecule has 1 amide bonds. The minimum absolute atomic E-state index is 0.0131. The van der Waals surface area contributed by atoms with Crippen molar-refractivity contribution in [2.75, 3.05) is 33.3 Å². The molecular formula is C24H29N3O4. The number of benzene rings is 1. The Morgan fingerprint density at radius 3 is 2.55 bits per heavy atom. The van der Waals surface area contributed by atoms with Crippen LogP contribution in [0.5, 0.6) is 5.75 Å². The summed E-state index contributed by atoms with van der Waals surface area (Å²) in [5.74, 6) is -1.16. The zero-order valence-electron chi connectivity index (χ0n) is 18.5. The van der Waals surface area contributed by atoms with Gasteiger partial charge in [-0.05, 0) is 55.7 Å². The maximum Gasteiger partial charge on any atom is 0.295 e. The average molecular weight is 424 g/mol. The number of pyridine rings is 1. The average Bonchev–Trinajstić information content (AvgIpc) is 3.04. The van der Waals surface area contributed by atoms with E-state index in [9.17, 15) is 14.7 Å². The first-order chi connectivity index (χ1) is 14.9. The van der Waals surface area contributed by atoms with Crippen molar-refractivity contribution in [2.45, 2.75) is 26.8 Å². The third kappa shape index (κ3) is 4.46. The Kier molecular flexibility index (Phi) is 7.07. The second kappa shape index (κ2) is 9.75. The minimum Gasteiger partial charge on any atom is -0.872 e. The highest BCUT2D eigenvalue weighted by Gasteiger charge is 2.44. The highest BCUT2D eigenvalue weighted by Crippen LogP contribution is 2.38. The van der Waals surface area contributed by atoms with Crippen LogP contribution < -0.4 is 14.7 Å². The number of rotatable bonds is 8. The highest BCUT2D eigenvalue weighted by molar-refractivity contribution is 6.46. The lowest BCUT2D eigenvalue weighted by Gasteiger charge is -2.28. The van der Waals surface area contributed by atoms with Crippen molar-refractivity contribution in [1.29, 1.82) is 0 Å². The smallest absolute Gasteiger partial charge is 0.295 e. The molecule has 1 atom stereocenters. The van der Waals surface area contributed by atoms with Gasteiger partial charge in [0.2, 0.25) is 5.78 Å². The molecule has 0 bridgehead atoms. The van der Waals surface area contributed by atoms with Gasteiger partial charge >= 0.3 is 0 Å². The van der Waals surface area contributed by atoms with E-state index in [1.807, 2.05) is 0 Å². The topological polar surface area (TPSA) is 87.0 Å². The Hall–Kier alpha value is -3.19. The number of amides is 1. The van der Waals surface area contributed by atoms with Crippen molar-refractivity contribution in [3.8, 4) is 5.75 Å². The maximum atomic E-state index is 13.5. The van der Waals surface area contributed by atoms with Crippen LogP contribution in [-0.2, 0) is 9.59 Å². The summed E-state index contributed by atoms with van der Waals surface area (Å²) in [6, 6.07) is 7.88. The molecule has 1 aliphatic rings.